The number of hydrogen-bond donors (Lipinski definition) is 4. The van der Waals surface area contributed by atoms with Gasteiger partial charge in [0.05, 0.1) is 16.7 Å². The van der Waals surface area contributed by atoms with Crippen molar-refractivity contribution in [2.45, 2.75) is 44.2 Å². The number of nitrogens with two attached hydrogens (primary N) is 3. The van der Waals surface area contributed by atoms with Crippen molar-refractivity contribution in [2.75, 3.05) is 24.1 Å². The van der Waals surface area contributed by atoms with Gasteiger partial charge in [-0.15, -0.1) is 11.3 Å². The smallest absolute Gasteiger partial charge is 0.264 e. The van der Waals surface area contributed by atoms with Gasteiger partial charge in [-0.1, -0.05) is 36.4 Å². The van der Waals surface area contributed by atoms with Crippen molar-refractivity contribution >= 4 is 49.7 Å². The molecule has 2 fully saturated rings. The molecule has 3 aliphatic rings. The number of thiophene rings is 1. The summed E-state index contributed by atoms with van der Waals surface area (Å²) in [4.78, 5) is 42.7. The number of nitrogens with one attached hydrogen (secondary N) is 1. The van der Waals surface area contributed by atoms with Crippen LogP contribution in [0.25, 0.3) is 10.1 Å². The Morgan fingerprint density at radius 2 is 1.83 bits per heavy atom. The Hall–Kier alpha value is -5.02. The molecule has 0 spiro atoms. The fraction of sp³-hybridized carbons (Fsp3) is 0.297. The van der Waals surface area contributed by atoms with Gasteiger partial charge in [0.1, 0.15) is 33.7 Å². The lowest BCUT2D eigenvalue weighted by atomic mass is 9.70. The molecule has 7 N–H and O–H groups in total. The first-order chi connectivity index (χ1) is 23.1. The van der Waals surface area contributed by atoms with E-state index in [1.807, 2.05) is 49.4 Å². The van der Waals surface area contributed by atoms with Gasteiger partial charge < -0.3 is 32.2 Å². The van der Waals surface area contributed by atoms with Gasteiger partial charge in [0.25, 0.3) is 5.91 Å². The van der Waals surface area contributed by atoms with E-state index in [-0.39, 0.29) is 29.9 Å². The summed E-state index contributed by atoms with van der Waals surface area (Å²) >= 11 is 1.26. The van der Waals surface area contributed by atoms with Crippen LogP contribution in [-0.2, 0) is 19.9 Å². The van der Waals surface area contributed by atoms with Crippen LogP contribution in [0.5, 0.6) is 11.5 Å². The Balaban J connectivity index is 1.20. The number of benzene rings is 3. The molecule has 0 radical (unpaired) electrons. The quantitative estimate of drug-likeness (QED) is 0.116. The van der Waals surface area contributed by atoms with Crippen LogP contribution in [0.1, 0.15) is 54.0 Å². The average molecular weight is 661 g/mol. The molecule has 3 aromatic carbocycles. The van der Waals surface area contributed by atoms with Crippen molar-refractivity contribution in [1.82, 2.24) is 4.90 Å². The minimum absolute atomic E-state index is 0.138. The molecule has 11 heteroatoms. The molecule has 2 aliphatic carbocycles. The molecule has 3 atom stereocenters. The molecule has 1 aliphatic heterocycles. The van der Waals surface area contributed by atoms with E-state index in [1.165, 1.54) is 11.3 Å². The van der Waals surface area contributed by atoms with Crippen LogP contribution < -0.4 is 27.3 Å². The van der Waals surface area contributed by atoms with E-state index in [0.29, 0.717) is 68.4 Å². The highest BCUT2D eigenvalue weighted by molar-refractivity contribution is 7.24. The lowest BCUT2D eigenvalue weighted by Gasteiger charge is -2.37. The molecule has 244 valence electrons. The van der Waals surface area contributed by atoms with Gasteiger partial charge in [0.15, 0.2) is 5.78 Å². The molecule has 2 amide bonds. The number of anilines is 2. The van der Waals surface area contributed by atoms with E-state index in [9.17, 15) is 19.6 Å². The summed E-state index contributed by atoms with van der Waals surface area (Å²) in [5.74, 6) is 0.0496. The van der Waals surface area contributed by atoms with Crippen molar-refractivity contribution in [1.29, 1.82) is 5.26 Å². The number of nitriles is 1. The number of carbonyl (C=O) groups excluding carboxylic acids is 3. The van der Waals surface area contributed by atoms with Gasteiger partial charge in [-0.05, 0) is 85.5 Å². The first kappa shape index (κ1) is 31.6. The van der Waals surface area contributed by atoms with Crippen molar-refractivity contribution in [3.63, 3.8) is 0 Å². The van der Waals surface area contributed by atoms with Gasteiger partial charge in [-0.3, -0.25) is 14.4 Å². The second-order valence-electron chi connectivity index (χ2n) is 12.9. The highest BCUT2D eigenvalue weighted by atomic mass is 32.1. The number of hydrogen-bond acceptors (Lipinski definition) is 9. The Morgan fingerprint density at radius 3 is 2.54 bits per heavy atom. The van der Waals surface area contributed by atoms with E-state index in [4.69, 9.17) is 21.9 Å². The summed E-state index contributed by atoms with van der Waals surface area (Å²) in [6.07, 6.45) is 4.93. The van der Waals surface area contributed by atoms with Crippen molar-refractivity contribution in [2.24, 2.45) is 23.3 Å². The minimum atomic E-state index is -1.58. The highest BCUT2D eigenvalue weighted by Gasteiger charge is 2.49. The number of ether oxygens (including phenoxy) is 1. The van der Waals surface area contributed by atoms with Crippen LogP contribution in [0.15, 0.2) is 72.3 Å². The molecule has 3 unspecified atom stereocenters. The minimum Gasteiger partial charge on any atom is -0.457 e. The molecular formula is C37H36N6O4S. The van der Waals surface area contributed by atoms with Gasteiger partial charge in [0.2, 0.25) is 5.91 Å². The third-order valence-corrected chi connectivity index (χ3v) is 10.8. The number of carbonyl (C=O) groups is 3. The number of likely N-dealkylation sites (tertiary alicyclic amines) is 1. The zero-order valence-electron chi connectivity index (χ0n) is 26.5. The summed E-state index contributed by atoms with van der Waals surface area (Å²) in [6.45, 7) is 2.56. The number of aryl methyl sites for hydroxylation is 1. The number of ketones is 1. The molecular weight excluding hydrogens is 625 g/mol. The predicted octanol–water partition coefficient (Wildman–Crippen LogP) is 5.41. The Bertz CT molecular complexity index is 2050. The molecule has 2 heterocycles. The third-order valence-electron chi connectivity index (χ3n) is 9.61. The summed E-state index contributed by atoms with van der Waals surface area (Å²) in [5, 5.41) is 13.7. The van der Waals surface area contributed by atoms with Crippen LogP contribution in [0, 0.1) is 30.1 Å². The van der Waals surface area contributed by atoms with E-state index in [0.717, 1.165) is 18.4 Å². The molecule has 7 rings (SSSR count). The zero-order chi connectivity index (χ0) is 33.7. The van der Waals surface area contributed by atoms with E-state index in [2.05, 4.69) is 5.32 Å². The maximum absolute atomic E-state index is 14.3. The highest BCUT2D eigenvalue weighted by Crippen LogP contribution is 2.52. The van der Waals surface area contributed by atoms with E-state index in [1.54, 1.807) is 35.2 Å². The van der Waals surface area contributed by atoms with Gasteiger partial charge >= 0.3 is 0 Å². The molecule has 48 heavy (non-hydrogen) atoms. The topological polar surface area (TPSA) is 178 Å². The fourth-order valence-corrected chi connectivity index (χ4v) is 8.14. The maximum atomic E-state index is 14.3. The second kappa shape index (κ2) is 12.2. The number of nitrogens with zero attached hydrogens (tertiary/aromatic N) is 2. The third kappa shape index (κ3) is 5.42. The predicted molar refractivity (Wildman–Crippen MR) is 185 cm³/mol. The number of rotatable bonds is 7. The normalized spacial score (nSPS) is 22.3. The molecule has 1 saturated carbocycles. The molecule has 0 bridgehead atoms. The van der Waals surface area contributed by atoms with Crippen molar-refractivity contribution in [3.05, 3.63) is 94.6 Å². The summed E-state index contributed by atoms with van der Waals surface area (Å²) in [7, 11) is 0. The summed E-state index contributed by atoms with van der Waals surface area (Å²) in [6, 6.07) is 19.2. The number of nitrogen functional groups attached to an aromatic ring is 1. The average Bonchev–Trinajstić information content (AvgIpc) is 3.84. The van der Waals surface area contributed by atoms with Crippen molar-refractivity contribution < 1.29 is 19.1 Å². The number of amides is 2. The fourth-order valence-electron chi connectivity index (χ4n) is 6.93. The van der Waals surface area contributed by atoms with Gasteiger partial charge in [-0.25, -0.2) is 0 Å². The molecule has 4 aromatic rings. The summed E-state index contributed by atoms with van der Waals surface area (Å²) < 4.78 is 6.69. The van der Waals surface area contributed by atoms with E-state index < -0.39 is 23.3 Å². The molecule has 10 nitrogen and oxygen atoms in total. The standard InChI is InChI=1S/C37H36N6O4S/c1-20-16-25(47-24-7-3-2-4-8-24)11-12-26(20)37(41)27-13-14-28(39)32-29(27)30(31(40)33(37)44)35(48-32)42-34(45)22-6-5-15-43(19-22)36(46)23(18-38)17-21-9-10-21/h2-4,7-8,11-14,16-17,21-22,31H,5-6,9-10,15,19,39-41H2,1H3,(H,42,45)/b23-17+. The number of allylic oxidation sites excluding steroid dienone is 1. The second-order valence-corrected chi connectivity index (χ2v) is 13.9. The van der Waals surface area contributed by atoms with Crippen LogP contribution in [0.4, 0.5) is 10.7 Å². The largest absolute Gasteiger partial charge is 0.457 e. The van der Waals surface area contributed by atoms with Crippen LogP contribution in [-0.4, -0.2) is 35.6 Å². The molecule has 1 aromatic heterocycles. The van der Waals surface area contributed by atoms with Crippen molar-refractivity contribution in [3.8, 4) is 17.6 Å². The monoisotopic (exact) mass is 660 g/mol. The van der Waals surface area contributed by atoms with Crippen LogP contribution in [0.3, 0.4) is 0 Å². The number of para-hydroxylation sites is 1. The Kier molecular flexibility index (Phi) is 8.03. The Morgan fingerprint density at radius 1 is 1.08 bits per heavy atom. The lowest BCUT2D eigenvalue weighted by molar-refractivity contribution is -0.131. The SMILES string of the molecule is Cc1cc(Oc2ccccc2)ccc1C1(N)C(=O)C(N)c2c(NC(=O)C3CCCN(C(=O)/C(C#N)=C/C4CC4)C3)sc3c(N)ccc1c23. The van der Waals surface area contributed by atoms with Crippen LogP contribution in [0.2, 0.25) is 0 Å². The van der Waals surface area contributed by atoms with Crippen LogP contribution >= 0.6 is 11.3 Å². The summed E-state index contributed by atoms with van der Waals surface area (Å²) in [5.41, 5.74) is 21.7. The first-order valence-corrected chi connectivity index (χ1v) is 16.9. The van der Waals surface area contributed by atoms with Gasteiger partial charge in [0, 0.05) is 29.7 Å². The molecule has 1 saturated heterocycles. The maximum Gasteiger partial charge on any atom is 0.264 e. The first-order valence-electron chi connectivity index (χ1n) is 16.1. The Labute approximate surface area is 282 Å². The number of Topliss-reactive ketones (excluding diaryl/α,β-unsaturated/α-hetero) is 1. The lowest BCUT2D eigenvalue weighted by Crippen LogP contribution is -2.52. The van der Waals surface area contributed by atoms with E-state index >= 15 is 0 Å². The zero-order valence-corrected chi connectivity index (χ0v) is 27.3. The number of piperidine rings is 1. The van der Waals surface area contributed by atoms with Gasteiger partial charge in [-0.2, -0.15) is 5.26 Å².